The number of hydrogen-bond donors (Lipinski definition) is 2. The van der Waals surface area contributed by atoms with Crippen molar-refractivity contribution in [3.05, 3.63) is 35.4 Å². The van der Waals surface area contributed by atoms with E-state index in [0.29, 0.717) is 32.0 Å². The zero-order chi connectivity index (χ0) is 20.7. The van der Waals surface area contributed by atoms with E-state index in [1.54, 1.807) is 0 Å². The number of likely N-dealkylation sites (tertiary alicyclic amines) is 1. The molecule has 1 heterocycles. The van der Waals surface area contributed by atoms with Gasteiger partial charge in [0.15, 0.2) is 5.96 Å². The maximum absolute atomic E-state index is 12.6. The zero-order valence-corrected chi connectivity index (χ0v) is 16.6. The van der Waals surface area contributed by atoms with Gasteiger partial charge in [-0.2, -0.15) is 13.2 Å². The Morgan fingerprint density at radius 3 is 2.54 bits per heavy atom. The predicted octanol–water partition coefficient (Wildman–Crippen LogP) is 3.06. The second-order valence-corrected chi connectivity index (χ2v) is 7.27. The minimum atomic E-state index is -4.31. The fourth-order valence-electron chi connectivity index (χ4n) is 3.11. The number of benzene rings is 1. The van der Waals surface area contributed by atoms with Gasteiger partial charge in [-0.1, -0.05) is 26.0 Å². The molecule has 156 valence electrons. The quantitative estimate of drug-likeness (QED) is 0.572. The van der Waals surface area contributed by atoms with Crippen LogP contribution in [0.1, 0.15) is 38.3 Å². The van der Waals surface area contributed by atoms with Crippen LogP contribution in [-0.4, -0.2) is 49.0 Å². The van der Waals surface area contributed by atoms with Gasteiger partial charge >= 0.3 is 6.18 Å². The second kappa shape index (κ2) is 9.80. The van der Waals surface area contributed by atoms with Gasteiger partial charge in [-0.05, 0) is 37.5 Å². The summed E-state index contributed by atoms with van der Waals surface area (Å²) in [4.78, 5) is 18.5. The molecule has 0 aliphatic carbocycles. The zero-order valence-electron chi connectivity index (χ0n) is 16.6. The second-order valence-electron chi connectivity index (χ2n) is 7.27. The fraction of sp³-hybridized carbons (Fsp3) is 0.600. The maximum Gasteiger partial charge on any atom is 0.416 e. The standard InChI is InChI=1S/C20H29F3N4O/c1-4-24-19(26-17-10-12-27(13-17)18(28)14(2)3)25-11-9-15-5-7-16(8-6-15)20(21,22)23/h5-8,14,17H,4,9-13H2,1-3H3,(H2,24,25,26). The van der Waals surface area contributed by atoms with Crippen LogP contribution in [0, 0.1) is 5.92 Å². The predicted molar refractivity (Wildman–Crippen MR) is 104 cm³/mol. The summed E-state index contributed by atoms with van der Waals surface area (Å²) in [6.45, 7) is 8.32. The lowest BCUT2D eigenvalue weighted by molar-refractivity contribution is -0.137. The molecule has 0 bridgehead atoms. The summed E-state index contributed by atoms with van der Waals surface area (Å²) < 4.78 is 37.8. The van der Waals surface area contributed by atoms with E-state index < -0.39 is 11.7 Å². The normalized spacial score (nSPS) is 17.9. The number of hydrogen-bond acceptors (Lipinski definition) is 2. The maximum atomic E-state index is 12.6. The van der Waals surface area contributed by atoms with Crippen LogP contribution in [0.5, 0.6) is 0 Å². The van der Waals surface area contributed by atoms with Crippen LogP contribution in [0.4, 0.5) is 13.2 Å². The van der Waals surface area contributed by atoms with Crippen molar-refractivity contribution in [3.8, 4) is 0 Å². The third-order valence-electron chi connectivity index (χ3n) is 4.63. The van der Waals surface area contributed by atoms with E-state index in [1.165, 1.54) is 12.1 Å². The third kappa shape index (κ3) is 6.42. The molecule has 1 saturated heterocycles. The summed E-state index contributed by atoms with van der Waals surface area (Å²) in [5.41, 5.74) is 0.165. The minimum absolute atomic E-state index is 0.00983. The van der Waals surface area contributed by atoms with E-state index in [-0.39, 0.29) is 17.9 Å². The fourth-order valence-corrected chi connectivity index (χ4v) is 3.11. The van der Waals surface area contributed by atoms with Crippen LogP contribution >= 0.6 is 0 Å². The SMILES string of the molecule is CCNC(=NCCc1ccc(C(F)(F)F)cc1)NC1CCN(C(=O)C(C)C)C1. The Labute approximate surface area is 164 Å². The average molecular weight is 398 g/mol. The molecule has 1 amide bonds. The molecule has 0 radical (unpaired) electrons. The van der Waals surface area contributed by atoms with E-state index in [1.807, 2.05) is 25.7 Å². The van der Waals surface area contributed by atoms with Crippen LogP contribution in [0.3, 0.4) is 0 Å². The number of aliphatic imine (C=N–C) groups is 1. The van der Waals surface area contributed by atoms with E-state index in [9.17, 15) is 18.0 Å². The number of nitrogens with zero attached hydrogens (tertiary/aromatic N) is 2. The molecular weight excluding hydrogens is 369 g/mol. The molecule has 1 aromatic carbocycles. The molecule has 2 rings (SSSR count). The molecular formula is C20H29F3N4O. The molecule has 1 fully saturated rings. The van der Waals surface area contributed by atoms with Crippen LogP contribution in [0.15, 0.2) is 29.3 Å². The molecule has 1 aliphatic rings. The lowest BCUT2D eigenvalue weighted by atomic mass is 10.1. The Morgan fingerprint density at radius 1 is 1.29 bits per heavy atom. The summed E-state index contributed by atoms with van der Waals surface area (Å²) in [7, 11) is 0. The number of nitrogens with one attached hydrogen (secondary N) is 2. The lowest BCUT2D eigenvalue weighted by Gasteiger charge is -2.20. The van der Waals surface area contributed by atoms with Crippen molar-refractivity contribution >= 4 is 11.9 Å². The van der Waals surface area contributed by atoms with E-state index in [0.717, 1.165) is 30.7 Å². The molecule has 1 aliphatic heterocycles. The number of amides is 1. The molecule has 0 saturated carbocycles. The van der Waals surface area contributed by atoms with Crippen molar-refractivity contribution in [3.63, 3.8) is 0 Å². The number of halogens is 3. The van der Waals surface area contributed by atoms with E-state index in [2.05, 4.69) is 15.6 Å². The molecule has 0 aromatic heterocycles. The minimum Gasteiger partial charge on any atom is -0.357 e. The molecule has 28 heavy (non-hydrogen) atoms. The van der Waals surface area contributed by atoms with Crippen molar-refractivity contribution in [2.75, 3.05) is 26.2 Å². The van der Waals surface area contributed by atoms with Crippen LogP contribution < -0.4 is 10.6 Å². The monoisotopic (exact) mass is 398 g/mol. The van der Waals surface area contributed by atoms with Gasteiger partial charge in [0, 0.05) is 38.1 Å². The third-order valence-corrected chi connectivity index (χ3v) is 4.63. The molecule has 1 atom stereocenters. The molecule has 1 unspecified atom stereocenters. The lowest BCUT2D eigenvalue weighted by Crippen LogP contribution is -2.45. The van der Waals surface area contributed by atoms with Gasteiger partial charge in [-0.25, -0.2) is 0 Å². The van der Waals surface area contributed by atoms with Gasteiger partial charge in [-0.3, -0.25) is 9.79 Å². The van der Waals surface area contributed by atoms with Gasteiger partial charge in [0.2, 0.25) is 5.91 Å². The molecule has 0 spiro atoms. The highest BCUT2D eigenvalue weighted by Gasteiger charge is 2.30. The van der Waals surface area contributed by atoms with Crippen LogP contribution in [-0.2, 0) is 17.4 Å². The van der Waals surface area contributed by atoms with E-state index >= 15 is 0 Å². The molecule has 8 heteroatoms. The Morgan fingerprint density at radius 2 is 1.96 bits per heavy atom. The first-order valence-electron chi connectivity index (χ1n) is 9.70. The first kappa shape index (κ1) is 22.0. The molecule has 5 nitrogen and oxygen atoms in total. The Kier molecular flexibility index (Phi) is 7.71. The summed E-state index contributed by atoms with van der Waals surface area (Å²) in [6, 6.07) is 5.32. The average Bonchev–Trinajstić information content (AvgIpc) is 3.09. The van der Waals surface area contributed by atoms with Crippen molar-refractivity contribution in [1.82, 2.24) is 15.5 Å². The summed E-state index contributed by atoms with van der Waals surface area (Å²) in [5, 5.41) is 6.53. The van der Waals surface area contributed by atoms with Crippen molar-refractivity contribution < 1.29 is 18.0 Å². The topological polar surface area (TPSA) is 56.7 Å². The smallest absolute Gasteiger partial charge is 0.357 e. The van der Waals surface area contributed by atoms with Crippen LogP contribution in [0.2, 0.25) is 0 Å². The van der Waals surface area contributed by atoms with Crippen LogP contribution in [0.25, 0.3) is 0 Å². The summed E-state index contributed by atoms with van der Waals surface area (Å²) in [5.74, 6) is 0.816. The Bertz CT molecular complexity index is 671. The first-order chi connectivity index (χ1) is 13.2. The van der Waals surface area contributed by atoms with Gasteiger partial charge in [-0.15, -0.1) is 0 Å². The highest BCUT2D eigenvalue weighted by molar-refractivity contribution is 5.81. The highest BCUT2D eigenvalue weighted by atomic mass is 19.4. The number of carbonyl (C=O) groups is 1. The van der Waals surface area contributed by atoms with Crippen molar-refractivity contribution in [1.29, 1.82) is 0 Å². The largest absolute Gasteiger partial charge is 0.416 e. The Balaban J connectivity index is 1.88. The number of rotatable bonds is 6. The van der Waals surface area contributed by atoms with Gasteiger partial charge in [0.1, 0.15) is 0 Å². The van der Waals surface area contributed by atoms with Crippen molar-refractivity contribution in [2.45, 2.75) is 45.8 Å². The number of alkyl halides is 3. The molecule has 1 aromatic rings. The number of guanidine groups is 1. The van der Waals surface area contributed by atoms with E-state index in [4.69, 9.17) is 0 Å². The van der Waals surface area contributed by atoms with Gasteiger partial charge < -0.3 is 15.5 Å². The number of carbonyl (C=O) groups excluding carboxylic acids is 1. The van der Waals surface area contributed by atoms with Crippen molar-refractivity contribution in [2.24, 2.45) is 10.9 Å². The van der Waals surface area contributed by atoms with Gasteiger partial charge in [0.05, 0.1) is 5.56 Å². The summed E-state index contributed by atoms with van der Waals surface area (Å²) >= 11 is 0. The Hall–Kier alpha value is -2.25. The molecule has 2 N–H and O–H groups in total. The highest BCUT2D eigenvalue weighted by Crippen LogP contribution is 2.29. The summed E-state index contributed by atoms with van der Waals surface area (Å²) in [6.07, 6.45) is -2.90. The van der Waals surface area contributed by atoms with Gasteiger partial charge in [0.25, 0.3) is 0 Å². The first-order valence-corrected chi connectivity index (χ1v) is 9.70.